The number of piperazine rings is 1. The lowest BCUT2D eigenvalue weighted by atomic mass is 9.78. The normalized spacial score (nSPS) is 21.8. The predicted molar refractivity (Wildman–Crippen MR) is 136 cm³/mol. The molecule has 3 fully saturated rings. The number of hydrogen-bond donors (Lipinski definition) is 0. The Morgan fingerprint density at radius 2 is 2.00 bits per heavy atom. The lowest BCUT2D eigenvalue weighted by Gasteiger charge is -2.48. The van der Waals surface area contributed by atoms with Gasteiger partial charge in [-0.2, -0.15) is 0 Å². The molecule has 0 unspecified atom stereocenters. The summed E-state index contributed by atoms with van der Waals surface area (Å²) in [4.78, 5) is 27.8. The number of ether oxygens (including phenoxy) is 1. The number of fused-ring (bicyclic) bond motifs is 1. The first-order chi connectivity index (χ1) is 17.5. The molecule has 1 amide bonds. The highest BCUT2D eigenvalue weighted by Gasteiger charge is 2.51. The molecule has 0 bridgehead atoms. The molecule has 6 rings (SSSR count). The van der Waals surface area contributed by atoms with Crippen LogP contribution in [-0.2, 0) is 11.8 Å². The van der Waals surface area contributed by atoms with Crippen molar-refractivity contribution in [1.29, 1.82) is 0 Å². The Balaban J connectivity index is 1.14. The maximum absolute atomic E-state index is 14.4. The zero-order valence-electron chi connectivity index (χ0n) is 21.0. The van der Waals surface area contributed by atoms with Crippen LogP contribution in [0.1, 0.15) is 26.2 Å². The van der Waals surface area contributed by atoms with Crippen molar-refractivity contribution < 1.29 is 13.9 Å². The van der Waals surface area contributed by atoms with Crippen LogP contribution in [0.4, 0.5) is 15.0 Å². The number of aryl methyl sites for hydroxylation is 1. The van der Waals surface area contributed by atoms with Crippen LogP contribution in [0.25, 0.3) is 22.2 Å². The third-order valence-electron chi connectivity index (χ3n) is 8.24. The van der Waals surface area contributed by atoms with E-state index in [1.54, 1.807) is 12.3 Å². The largest absolute Gasteiger partial charge is 0.450 e. The Bertz CT molecular complexity index is 1280. The van der Waals surface area contributed by atoms with Crippen molar-refractivity contribution in [3.05, 3.63) is 42.6 Å². The highest BCUT2D eigenvalue weighted by molar-refractivity contribution is 5.97. The molecular formula is C27H33FN6O2. The number of pyridine rings is 2. The fourth-order valence-electron chi connectivity index (χ4n) is 6.49. The molecule has 9 heteroatoms. The minimum Gasteiger partial charge on any atom is -0.450 e. The number of likely N-dealkylation sites (tertiary alicyclic amines) is 1. The molecule has 1 spiro atoms. The van der Waals surface area contributed by atoms with Gasteiger partial charge in [0.25, 0.3) is 0 Å². The molecule has 0 radical (unpaired) electrons. The van der Waals surface area contributed by atoms with Crippen molar-refractivity contribution >= 4 is 22.9 Å². The van der Waals surface area contributed by atoms with Crippen LogP contribution in [0.3, 0.4) is 0 Å². The molecule has 2 aliphatic heterocycles. The summed E-state index contributed by atoms with van der Waals surface area (Å²) >= 11 is 0. The summed E-state index contributed by atoms with van der Waals surface area (Å²) in [6, 6.07) is 6.10. The Labute approximate surface area is 210 Å². The van der Waals surface area contributed by atoms with Crippen molar-refractivity contribution in [3.8, 4) is 11.1 Å². The molecule has 0 N–H and O–H groups in total. The van der Waals surface area contributed by atoms with Gasteiger partial charge in [0.05, 0.1) is 12.8 Å². The third kappa shape index (κ3) is 3.99. The maximum Gasteiger partial charge on any atom is 0.409 e. The minimum atomic E-state index is -0.332. The first-order valence-corrected chi connectivity index (χ1v) is 12.9. The highest BCUT2D eigenvalue weighted by atomic mass is 19.1. The van der Waals surface area contributed by atoms with Gasteiger partial charge in [0, 0.05) is 86.7 Å². The molecule has 1 atom stereocenters. The summed E-state index contributed by atoms with van der Waals surface area (Å²) in [6.07, 6.45) is 8.44. The number of amides is 1. The fraction of sp³-hybridized carbons (Fsp3) is 0.519. The van der Waals surface area contributed by atoms with E-state index in [2.05, 4.69) is 19.8 Å². The molecule has 2 saturated heterocycles. The first kappa shape index (κ1) is 23.2. The minimum absolute atomic E-state index is 0.176. The van der Waals surface area contributed by atoms with E-state index in [0.29, 0.717) is 12.6 Å². The zero-order valence-corrected chi connectivity index (χ0v) is 21.0. The number of rotatable bonds is 4. The molecule has 0 aromatic carbocycles. The number of carbonyl (C=O) groups excluding carboxylic acids is 1. The van der Waals surface area contributed by atoms with Crippen molar-refractivity contribution in [3.63, 3.8) is 0 Å². The second-order valence-electron chi connectivity index (χ2n) is 10.5. The van der Waals surface area contributed by atoms with Crippen molar-refractivity contribution in [1.82, 2.24) is 24.3 Å². The second kappa shape index (κ2) is 9.03. The van der Waals surface area contributed by atoms with E-state index in [4.69, 9.17) is 4.74 Å². The van der Waals surface area contributed by atoms with E-state index in [1.807, 2.05) is 41.8 Å². The fourth-order valence-corrected chi connectivity index (χ4v) is 6.49. The van der Waals surface area contributed by atoms with Crippen LogP contribution in [0.15, 0.2) is 36.8 Å². The molecule has 3 aromatic heterocycles. The number of halogens is 1. The van der Waals surface area contributed by atoms with Crippen LogP contribution in [-0.4, -0.2) is 82.3 Å². The van der Waals surface area contributed by atoms with Gasteiger partial charge < -0.3 is 19.1 Å². The Morgan fingerprint density at radius 1 is 1.19 bits per heavy atom. The molecule has 1 saturated carbocycles. The van der Waals surface area contributed by atoms with Crippen molar-refractivity contribution in [2.45, 2.75) is 32.2 Å². The van der Waals surface area contributed by atoms with Gasteiger partial charge in [-0.05, 0) is 44.4 Å². The molecule has 1 aliphatic carbocycles. The molecule has 190 valence electrons. The lowest BCUT2D eigenvalue weighted by molar-refractivity contribution is -0.00294. The van der Waals surface area contributed by atoms with Gasteiger partial charge in [-0.15, -0.1) is 0 Å². The van der Waals surface area contributed by atoms with Crippen LogP contribution in [0.2, 0.25) is 0 Å². The Hall–Kier alpha value is -3.20. The van der Waals surface area contributed by atoms with Crippen LogP contribution in [0.5, 0.6) is 0 Å². The van der Waals surface area contributed by atoms with E-state index in [1.165, 1.54) is 19.0 Å². The quantitative estimate of drug-likeness (QED) is 0.550. The summed E-state index contributed by atoms with van der Waals surface area (Å²) in [5.74, 6) is 0.501. The van der Waals surface area contributed by atoms with Gasteiger partial charge in [-0.1, -0.05) is 0 Å². The van der Waals surface area contributed by atoms with Gasteiger partial charge in [-0.3, -0.25) is 4.90 Å². The summed E-state index contributed by atoms with van der Waals surface area (Å²) in [5, 5.41) is 1.00. The lowest BCUT2D eigenvalue weighted by Crippen LogP contribution is -2.58. The average Bonchev–Trinajstić information content (AvgIpc) is 3.46. The predicted octanol–water partition coefficient (Wildman–Crippen LogP) is 3.91. The summed E-state index contributed by atoms with van der Waals surface area (Å²) in [7, 11) is 1.96. The average molecular weight is 493 g/mol. The number of aromatic nitrogens is 3. The number of anilines is 1. The number of carbonyl (C=O) groups is 1. The highest BCUT2D eigenvalue weighted by Crippen LogP contribution is 2.47. The molecule has 8 nitrogen and oxygen atoms in total. The standard InChI is InChI=1S/C27H33FN6O2/c1-3-36-26(35)34-17-27(18-34)7-6-20(14-27)32-9-11-33(12-10-32)25-22(13-19(28)15-30-25)23-16-31(2)24-21(23)5-4-8-29-24/h4-5,8,13,15-16,20H,3,6-7,9-12,14,17-18H2,1-2H3/t20-/m1/s1. The molecular weight excluding hydrogens is 459 g/mol. The first-order valence-electron chi connectivity index (χ1n) is 12.9. The monoisotopic (exact) mass is 492 g/mol. The van der Waals surface area contributed by atoms with Gasteiger partial charge in [0.2, 0.25) is 0 Å². The Kier molecular flexibility index (Phi) is 5.82. The topological polar surface area (TPSA) is 66.7 Å². The number of nitrogens with zero attached hydrogens (tertiary/aromatic N) is 6. The molecule has 36 heavy (non-hydrogen) atoms. The Morgan fingerprint density at radius 3 is 2.78 bits per heavy atom. The van der Waals surface area contributed by atoms with Crippen LogP contribution in [0, 0.1) is 11.2 Å². The molecule has 3 aromatic rings. The van der Waals surface area contributed by atoms with Crippen molar-refractivity contribution in [2.24, 2.45) is 12.5 Å². The SMILES string of the molecule is CCOC(=O)N1CC2(CC[C@@H](N3CCN(c4ncc(F)cc4-c4cn(C)c5ncccc45)CC3)C2)C1. The van der Waals surface area contributed by atoms with E-state index in [9.17, 15) is 9.18 Å². The zero-order chi connectivity index (χ0) is 24.9. The van der Waals surface area contributed by atoms with E-state index in [0.717, 1.165) is 73.7 Å². The van der Waals surface area contributed by atoms with Gasteiger partial charge >= 0.3 is 6.09 Å². The summed E-state index contributed by atoms with van der Waals surface area (Å²) in [5.41, 5.74) is 2.91. The van der Waals surface area contributed by atoms with Gasteiger partial charge in [-0.25, -0.2) is 19.2 Å². The smallest absolute Gasteiger partial charge is 0.409 e. The summed E-state index contributed by atoms with van der Waals surface area (Å²) < 4.78 is 21.5. The number of hydrogen-bond acceptors (Lipinski definition) is 6. The van der Waals surface area contributed by atoms with E-state index in [-0.39, 0.29) is 17.3 Å². The third-order valence-corrected chi connectivity index (χ3v) is 8.24. The second-order valence-corrected chi connectivity index (χ2v) is 10.5. The summed E-state index contributed by atoms with van der Waals surface area (Å²) in [6.45, 7) is 7.55. The molecule has 3 aliphatic rings. The van der Waals surface area contributed by atoms with E-state index < -0.39 is 0 Å². The van der Waals surface area contributed by atoms with Crippen LogP contribution < -0.4 is 4.90 Å². The van der Waals surface area contributed by atoms with E-state index >= 15 is 0 Å². The van der Waals surface area contributed by atoms with Crippen molar-refractivity contribution in [2.75, 3.05) is 50.8 Å². The maximum atomic E-state index is 14.4. The molecule has 5 heterocycles. The van der Waals surface area contributed by atoms with Gasteiger partial charge in [0.1, 0.15) is 17.3 Å². The van der Waals surface area contributed by atoms with Crippen LogP contribution >= 0.6 is 0 Å². The van der Waals surface area contributed by atoms with Gasteiger partial charge in [0.15, 0.2) is 0 Å².